The van der Waals surface area contributed by atoms with E-state index in [4.69, 9.17) is 9.88 Å². The van der Waals surface area contributed by atoms with E-state index in [1.54, 1.807) is 4.68 Å². The monoisotopic (exact) mass is 429 g/mol. The molecule has 0 bridgehead atoms. The summed E-state index contributed by atoms with van der Waals surface area (Å²) in [5, 5.41) is 13.2. The van der Waals surface area contributed by atoms with Gasteiger partial charge in [0.25, 0.3) is 0 Å². The molecule has 2 amide bonds. The lowest BCUT2D eigenvalue weighted by molar-refractivity contribution is 0.173. The molecule has 30 heavy (non-hydrogen) atoms. The topological polar surface area (TPSA) is 112 Å². The lowest BCUT2D eigenvalue weighted by atomic mass is 9.99. The SMILES string of the molecule is CC(C)[C@@H]1Cn2ncc(S(N)(=O)=NC(=O)Nc3c4c(cc5c3CCC5)CCC4)c2O1. The zero-order valence-corrected chi connectivity index (χ0v) is 18.1. The third-order valence-corrected chi connectivity index (χ3v) is 7.70. The smallest absolute Gasteiger partial charge is 0.354 e. The molecule has 5 rings (SSSR count). The number of hydrogen-bond acceptors (Lipinski definition) is 4. The van der Waals surface area contributed by atoms with E-state index < -0.39 is 15.9 Å². The van der Waals surface area contributed by atoms with Gasteiger partial charge in [-0.05, 0) is 66.7 Å². The molecule has 2 atom stereocenters. The molecule has 0 spiro atoms. The molecule has 1 aromatic carbocycles. The van der Waals surface area contributed by atoms with Gasteiger partial charge in [0, 0.05) is 5.69 Å². The first-order chi connectivity index (χ1) is 14.3. The Bertz CT molecular complexity index is 1130. The fourth-order valence-electron chi connectivity index (χ4n) is 4.77. The number of anilines is 1. The first kappa shape index (κ1) is 19.6. The minimum atomic E-state index is -3.48. The van der Waals surface area contributed by atoms with E-state index in [0.29, 0.717) is 12.4 Å². The van der Waals surface area contributed by atoms with Gasteiger partial charge in [-0.1, -0.05) is 19.9 Å². The van der Waals surface area contributed by atoms with Crippen molar-refractivity contribution >= 4 is 21.6 Å². The maximum atomic E-state index is 13.2. The van der Waals surface area contributed by atoms with Crippen LogP contribution in [0.2, 0.25) is 0 Å². The van der Waals surface area contributed by atoms with Crippen molar-refractivity contribution < 1.29 is 13.7 Å². The lowest BCUT2D eigenvalue weighted by Crippen LogP contribution is -2.22. The molecule has 1 unspecified atom stereocenters. The molecular formula is C21H27N5O3S. The van der Waals surface area contributed by atoms with Crippen molar-refractivity contribution in [2.24, 2.45) is 15.4 Å². The molecule has 9 heteroatoms. The number of urea groups is 1. The van der Waals surface area contributed by atoms with E-state index >= 15 is 0 Å². The molecule has 2 heterocycles. The standard InChI is InChI=1S/C21H27N5O3S/c1-12(2)17-11-26-20(29-17)18(10-23-26)30(22,28)25-21(27)24-19-15-7-3-5-13(15)9-14-6-4-8-16(14)19/h9-10,12,17H,3-8,11H2,1-2H3,(H3,22,24,25,27,28)/t17-,30?/m0/s1. The Morgan fingerprint density at radius 2 is 1.93 bits per heavy atom. The van der Waals surface area contributed by atoms with Crippen LogP contribution in [0.15, 0.2) is 21.5 Å². The van der Waals surface area contributed by atoms with Crippen molar-refractivity contribution in [3.8, 4) is 5.88 Å². The summed E-state index contributed by atoms with van der Waals surface area (Å²) in [6.45, 7) is 4.66. The third kappa shape index (κ3) is 3.20. The van der Waals surface area contributed by atoms with Crippen LogP contribution in [0, 0.1) is 5.92 Å². The summed E-state index contributed by atoms with van der Waals surface area (Å²) in [6, 6.07) is 1.61. The molecule has 2 aliphatic carbocycles. The molecule has 0 fully saturated rings. The Morgan fingerprint density at radius 3 is 2.57 bits per heavy atom. The number of aromatic nitrogens is 2. The van der Waals surface area contributed by atoms with Crippen LogP contribution in [0.3, 0.4) is 0 Å². The minimum absolute atomic E-state index is 0.0639. The Labute approximate surface area is 176 Å². The molecule has 0 radical (unpaired) electrons. The second-order valence-electron chi connectivity index (χ2n) is 8.72. The number of nitrogens with zero attached hydrogens (tertiary/aromatic N) is 3. The molecule has 0 saturated heterocycles. The summed E-state index contributed by atoms with van der Waals surface area (Å²) >= 11 is 0. The number of ether oxygens (including phenoxy) is 1. The molecular weight excluding hydrogens is 402 g/mol. The average molecular weight is 430 g/mol. The largest absolute Gasteiger partial charge is 0.471 e. The maximum Gasteiger partial charge on any atom is 0.354 e. The Hall–Kier alpha value is -2.39. The van der Waals surface area contributed by atoms with E-state index in [1.165, 1.54) is 28.5 Å². The van der Waals surface area contributed by atoms with Gasteiger partial charge in [-0.3, -0.25) is 0 Å². The van der Waals surface area contributed by atoms with Crippen LogP contribution in [-0.2, 0) is 42.1 Å². The van der Waals surface area contributed by atoms with Crippen LogP contribution in [0.25, 0.3) is 0 Å². The molecule has 1 aliphatic heterocycles. The normalized spacial score (nSPS) is 21.0. The zero-order chi connectivity index (χ0) is 21.0. The number of aryl methyl sites for hydroxylation is 2. The number of benzene rings is 1. The molecule has 160 valence electrons. The van der Waals surface area contributed by atoms with E-state index in [1.807, 2.05) is 13.8 Å². The Balaban J connectivity index is 1.45. The number of carbonyl (C=O) groups excluding carboxylic acids is 1. The quantitative estimate of drug-likeness (QED) is 0.780. The predicted molar refractivity (Wildman–Crippen MR) is 114 cm³/mol. The number of carbonyl (C=O) groups is 1. The van der Waals surface area contributed by atoms with Gasteiger partial charge in [-0.2, -0.15) is 5.10 Å². The highest BCUT2D eigenvalue weighted by Crippen LogP contribution is 2.39. The van der Waals surface area contributed by atoms with Gasteiger partial charge in [0.15, 0.2) is 9.92 Å². The number of fused-ring (bicyclic) bond motifs is 3. The van der Waals surface area contributed by atoms with E-state index in [-0.39, 0.29) is 16.9 Å². The summed E-state index contributed by atoms with van der Waals surface area (Å²) in [5.74, 6) is 0.620. The molecule has 3 N–H and O–H groups in total. The van der Waals surface area contributed by atoms with Gasteiger partial charge >= 0.3 is 6.03 Å². The van der Waals surface area contributed by atoms with Crippen molar-refractivity contribution in [2.75, 3.05) is 5.32 Å². The first-order valence-corrected chi connectivity index (χ1v) is 12.2. The van der Waals surface area contributed by atoms with Crippen LogP contribution in [0.1, 0.15) is 48.9 Å². The number of rotatable bonds is 3. The van der Waals surface area contributed by atoms with Crippen molar-refractivity contribution in [1.82, 2.24) is 9.78 Å². The summed E-state index contributed by atoms with van der Waals surface area (Å²) in [4.78, 5) is 13.0. The Morgan fingerprint density at radius 1 is 1.27 bits per heavy atom. The Kier molecular flexibility index (Phi) is 4.62. The van der Waals surface area contributed by atoms with E-state index in [9.17, 15) is 9.00 Å². The number of amides is 2. The fraction of sp³-hybridized carbons (Fsp3) is 0.524. The minimum Gasteiger partial charge on any atom is -0.471 e. The molecule has 1 aromatic heterocycles. The fourth-order valence-corrected chi connectivity index (χ4v) is 5.77. The lowest BCUT2D eigenvalue weighted by Gasteiger charge is -2.15. The van der Waals surface area contributed by atoms with E-state index in [2.05, 4.69) is 20.8 Å². The molecule has 3 aliphatic rings. The highest BCUT2D eigenvalue weighted by atomic mass is 32.2. The molecule has 8 nitrogen and oxygen atoms in total. The van der Waals surface area contributed by atoms with Crippen molar-refractivity contribution in [2.45, 2.75) is 69.9 Å². The van der Waals surface area contributed by atoms with Gasteiger partial charge in [-0.25, -0.2) is 18.8 Å². The summed E-state index contributed by atoms with van der Waals surface area (Å²) < 4.78 is 24.6. The van der Waals surface area contributed by atoms with Crippen LogP contribution in [0.4, 0.5) is 10.5 Å². The highest BCUT2D eigenvalue weighted by molar-refractivity contribution is 7.91. The maximum absolute atomic E-state index is 13.2. The van der Waals surface area contributed by atoms with Crippen LogP contribution in [0.5, 0.6) is 5.88 Å². The predicted octanol–water partition coefficient (Wildman–Crippen LogP) is 3.21. The summed E-state index contributed by atoms with van der Waals surface area (Å²) in [6.07, 6.45) is 7.45. The van der Waals surface area contributed by atoms with Gasteiger partial charge in [0.1, 0.15) is 11.0 Å². The van der Waals surface area contributed by atoms with Gasteiger partial charge in [0.2, 0.25) is 5.88 Å². The molecule has 0 saturated carbocycles. The number of nitrogens with two attached hydrogens (primary N) is 1. The first-order valence-electron chi connectivity index (χ1n) is 10.6. The van der Waals surface area contributed by atoms with Crippen molar-refractivity contribution in [3.63, 3.8) is 0 Å². The van der Waals surface area contributed by atoms with Crippen LogP contribution in [-0.4, -0.2) is 26.1 Å². The van der Waals surface area contributed by atoms with Gasteiger partial charge in [0.05, 0.1) is 12.7 Å². The number of nitrogens with one attached hydrogen (secondary N) is 1. The summed E-state index contributed by atoms with van der Waals surface area (Å²) in [7, 11) is -3.48. The molecule has 2 aromatic rings. The van der Waals surface area contributed by atoms with Crippen molar-refractivity contribution in [1.29, 1.82) is 0 Å². The van der Waals surface area contributed by atoms with Gasteiger partial charge < -0.3 is 10.1 Å². The van der Waals surface area contributed by atoms with Crippen molar-refractivity contribution in [3.05, 3.63) is 34.5 Å². The second-order valence-corrected chi connectivity index (χ2v) is 10.5. The second kappa shape index (κ2) is 7.09. The van der Waals surface area contributed by atoms with Crippen LogP contribution >= 0.6 is 0 Å². The summed E-state index contributed by atoms with van der Waals surface area (Å²) in [5.41, 5.74) is 5.86. The third-order valence-electron chi connectivity index (χ3n) is 6.36. The average Bonchev–Trinajstić information content (AvgIpc) is 3.43. The van der Waals surface area contributed by atoms with Gasteiger partial charge in [-0.15, -0.1) is 4.36 Å². The van der Waals surface area contributed by atoms with Crippen LogP contribution < -0.4 is 15.2 Å². The van der Waals surface area contributed by atoms with E-state index in [0.717, 1.165) is 44.2 Å². The zero-order valence-electron chi connectivity index (χ0n) is 17.3. The highest BCUT2D eigenvalue weighted by Gasteiger charge is 2.32. The number of hydrogen-bond donors (Lipinski definition) is 2.